The summed E-state index contributed by atoms with van der Waals surface area (Å²) < 4.78 is 27.1. The van der Waals surface area contributed by atoms with Crippen molar-refractivity contribution in [2.75, 3.05) is 48.7 Å². The lowest BCUT2D eigenvalue weighted by Crippen LogP contribution is -2.50. The summed E-state index contributed by atoms with van der Waals surface area (Å²) in [7, 11) is -3.47. The monoisotopic (exact) mass is 465 g/mol. The van der Waals surface area contributed by atoms with Gasteiger partial charge in [-0.2, -0.15) is 4.31 Å². The van der Waals surface area contributed by atoms with Crippen LogP contribution in [-0.4, -0.2) is 62.1 Å². The Labute approximate surface area is 194 Å². The number of hydrogen-bond acceptors (Lipinski definition) is 6. The first kappa shape index (κ1) is 22.8. The summed E-state index contributed by atoms with van der Waals surface area (Å²) in [4.78, 5) is 19.1. The van der Waals surface area contributed by atoms with Gasteiger partial charge in [-0.25, -0.2) is 13.4 Å². The Bertz CT molecular complexity index is 1160. The topological polar surface area (TPSA) is 94.6 Å². The molecule has 0 radical (unpaired) electrons. The van der Waals surface area contributed by atoms with E-state index in [0.717, 1.165) is 11.5 Å². The van der Waals surface area contributed by atoms with Crippen LogP contribution in [-0.2, 0) is 10.0 Å². The predicted molar refractivity (Wildman–Crippen MR) is 130 cm³/mol. The molecule has 8 nitrogen and oxygen atoms in total. The molecule has 2 heterocycles. The Balaban J connectivity index is 1.30. The van der Waals surface area contributed by atoms with Crippen LogP contribution in [0.5, 0.6) is 0 Å². The average molecular weight is 466 g/mol. The summed E-state index contributed by atoms with van der Waals surface area (Å²) in [6.45, 7) is 2.01. The maximum absolute atomic E-state index is 12.8. The highest BCUT2D eigenvalue weighted by Crippen LogP contribution is 2.20. The second-order valence-corrected chi connectivity index (χ2v) is 9.77. The van der Waals surface area contributed by atoms with Gasteiger partial charge in [-0.1, -0.05) is 36.4 Å². The summed E-state index contributed by atoms with van der Waals surface area (Å²) in [6, 6.07) is 22.4. The lowest BCUT2D eigenvalue weighted by atomic mass is 10.1. The fourth-order valence-electron chi connectivity index (χ4n) is 3.72. The third-order valence-electron chi connectivity index (χ3n) is 5.48. The van der Waals surface area contributed by atoms with E-state index in [2.05, 4.69) is 20.5 Å². The molecule has 0 bridgehead atoms. The van der Waals surface area contributed by atoms with E-state index >= 15 is 0 Å². The quantitative estimate of drug-likeness (QED) is 0.531. The van der Waals surface area contributed by atoms with Crippen molar-refractivity contribution in [1.29, 1.82) is 0 Å². The van der Waals surface area contributed by atoms with Gasteiger partial charge in [-0.15, -0.1) is 0 Å². The Morgan fingerprint density at radius 1 is 0.879 bits per heavy atom. The summed E-state index contributed by atoms with van der Waals surface area (Å²) in [5.74, 6) is 0.394. The fourth-order valence-corrected chi connectivity index (χ4v) is 5.06. The number of nitrogens with one attached hydrogen (secondary N) is 2. The zero-order chi connectivity index (χ0) is 23.1. The molecule has 3 aromatic rings. The summed E-state index contributed by atoms with van der Waals surface area (Å²) in [5.41, 5.74) is 1.99. The largest absolute Gasteiger partial charge is 0.355 e. The SMILES string of the molecule is O=C(NCCS(=O)(=O)N1CCN(c2ccccn2)CC1)c1ccccc1Nc1ccccc1. The first-order valence-corrected chi connectivity index (χ1v) is 12.5. The van der Waals surface area contributed by atoms with Gasteiger partial charge >= 0.3 is 0 Å². The molecule has 1 aliphatic heterocycles. The van der Waals surface area contributed by atoms with Gasteiger partial charge in [0.05, 0.1) is 17.0 Å². The highest BCUT2D eigenvalue weighted by atomic mass is 32.2. The minimum atomic E-state index is -3.47. The highest BCUT2D eigenvalue weighted by Gasteiger charge is 2.27. The number of benzene rings is 2. The van der Waals surface area contributed by atoms with Gasteiger partial charge in [0.1, 0.15) is 5.82 Å². The molecule has 33 heavy (non-hydrogen) atoms. The van der Waals surface area contributed by atoms with Crippen LogP contribution in [0, 0.1) is 0 Å². The second-order valence-electron chi connectivity index (χ2n) is 7.68. The van der Waals surface area contributed by atoms with Crippen LogP contribution in [0.2, 0.25) is 0 Å². The molecular weight excluding hydrogens is 438 g/mol. The van der Waals surface area contributed by atoms with E-state index in [9.17, 15) is 13.2 Å². The molecule has 1 aliphatic rings. The molecule has 0 spiro atoms. The molecule has 0 atom stereocenters. The standard InChI is InChI=1S/C24H27N5O3S/c30-24(21-10-4-5-11-22(21)27-20-8-2-1-3-9-20)26-14-19-33(31,32)29-17-15-28(16-18-29)23-12-6-7-13-25-23/h1-13,27H,14-19H2,(H,26,30). The van der Waals surface area contributed by atoms with E-state index in [-0.39, 0.29) is 18.2 Å². The smallest absolute Gasteiger partial charge is 0.253 e. The van der Waals surface area contributed by atoms with Crippen molar-refractivity contribution < 1.29 is 13.2 Å². The number of nitrogens with zero attached hydrogens (tertiary/aromatic N) is 3. The lowest BCUT2D eigenvalue weighted by molar-refractivity contribution is 0.0957. The van der Waals surface area contributed by atoms with Gasteiger partial charge in [0, 0.05) is 44.6 Å². The zero-order valence-corrected chi connectivity index (χ0v) is 19.0. The number of piperazine rings is 1. The van der Waals surface area contributed by atoms with Crippen LogP contribution in [0.3, 0.4) is 0 Å². The molecule has 0 unspecified atom stereocenters. The van der Waals surface area contributed by atoms with Crippen molar-refractivity contribution in [1.82, 2.24) is 14.6 Å². The molecule has 0 aliphatic carbocycles. The molecular formula is C24H27N5O3S. The van der Waals surface area contributed by atoms with Gasteiger partial charge < -0.3 is 15.5 Å². The van der Waals surface area contributed by atoms with Crippen LogP contribution in [0.25, 0.3) is 0 Å². The minimum absolute atomic E-state index is 0.0429. The molecule has 1 amide bonds. The van der Waals surface area contributed by atoms with E-state index in [1.54, 1.807) is 18.3 Å². The number of carbonyl (C=O) groups is 1. The molecule has 1 aromatic heterocycles. The normalized spacial score (nSPS) is 14.6. The molecule has 9 heteroatoms. The van der Waals surface area contributed by atoms with E-state index in [1.165, 1.54) is 4.31 Å². The number of rotatable bonds is 8. The fraction of sp³-hybridized carbons (Fsp3) is 0.250. The van der Waals surface area contributed by atoms with Crippen molar-refractivity contribution >= 4 is 33.1 Å². The summed E-state index contributed by atoms with van der Waals surface area (Å²) >= 11 is 0. The minimum Gasteiger partial charge on any atom is -0.355 e. The molecule has 1 saturated heterocycles. The number of aromatic nitrogens is 1. The molecule has 4 rings (SSSR count). The number of carbonyl (C=O) groups excluding carboxylic acids is 1. The number of sulfonamides is 1. The van der Waals surface area contributed by atoms with Crippen LogP contribution in [0.15, 0.2) is 79.0 Å². The van der Waals surface area contributed by atoms with Crippen LogP contribution < -0.4 is 15.5 Å². The van der Waals surface area contributed by atoms with E-state index in [1.807, 2.05) is 60.7 Å². The summed E-state index contributed by atoms with van der Waals surface area (Å²) in [5, 5.41) is 5.98. The first-order valence-electron chi connectivity index (χ1n) is 10.9. The Hall–Kier alpha value is -3.43. The molecule has 2 aromatic carbocycles. The third-order valence-corrected chi connectivity index (χ3v) is 7.35. The van der Waals surface area contributed by atoms with Gasteiger partial charge in [0.2, 0.25) is 10.0 Å². The lowest BCUT2D eigenvalue weighted by Gasteiger charge is -2.34. The highest BCUT2D eigenvalue weighted by molar-refractivity contribution is 7.89. The molecule has 0 saturated carbocycles. The molecule has 172 valence electrons. The van der Waals surface area contributed by atoms with Gasteiger partial charge in [0.15, 0.2) is 0 Å². The predicted octanol–water partition coefficient (Wildman–Crippen LogP) is 2.71. The number of pyridine rings is 1. The van der Waals surface area contributed by atoms with Crippen molar-refractivity contribution in [3.8, 4) is 0 Å². The van der Waals surface area contributed by atoms with Crippen molar-refractivity contribution in [2.24, 2.45) is 0 Å². The third kappa shape index (κ3) is 5.88. The average Bonchev–Trinajstić information content (AvgIpc) is 2.85. The Kier molecular flexibility index (Phi) is 7.21. The first-order chi connectivity index (χ1) is 16.0. The van der Waals surface area contributed by atoms with Crippen LogP contribution in [0.4, 0.5) is 17.2 Å². The van der Waals surface area contributed by atoms with Crippen molar-refractivity contribution in [3.63, 3.8) is 0 Å². The Morgan fingerprint density at radius 3 is 2.30 bits per heavy atom. The van der Waals surface area contributed by atoms with Crippen LogP contribution in [0.1, 0.15) is 10.4 Å². The maximum Gasteiger partial charge on any atom is 0.253 e. The van der Waals surface area contributed by atoms with E-state index in [0.29, 0.717) is 37.4 Å². The maximum atomic E-state index is 12.8. The van der Waals surface area contributed by atoms with Crippen LogP contribution >= 0.6 is 0 Å². The second kappa shape index (κ2) is 10.5. The number of para-hydroxylation sites is 2. The zero-order valence-electron chi connectivity index (χ0n) is 18.2. The molecule has 2 N–H and O–H groups in total. The summed E-state index contributed by atoms with van der Waals surface area (Å²) in [6.07, 6.45) is 1.73. The van der Waals surface area contributed by atoms with E-state index < -0.39 is 10.0 Å². The van der Waals surface area contributed by atoms with Gasteiger partial charge in [-0.3, -0.25) is 4.79 Å². The number of anilines is 3. The number of hydrogen-bond donors (Lipinski definition) is 2. The van der Waals surface area contributed by atoms with Crippen molar-refractivity contribution in [2.45, 2.75) is 0 Å². The van der Waals surface area contributed by atoms with Gasteiger partial charge in [-0.05, 0) is 36.4 Å². The van der Waals surface area contributed by atoms with E-state index in [4.69, 9.17) is 0 Å². The van der Waals surface area contributed by atoms with Crippen molar-refractivity contribution in [3.05, 3.63) is 84.6 Å². The van der Waals surface area contributed by atoms with Gasteiger partial charge in [0.25, 0.3) is 5.91 Å². The molecule has 1 fully saturated rings. The Morgan fingerprint density at radius 2 is 1.58 bits per heavy atom. The number of amides is 1.